The third-order valence-electron chi connectivity index (χ3n) is 25.5. The van der Waals surface area contributed by atoms with Crippen molar-refractivity contribution in [3.8, 4) is 22.3 Å². The molecule has 0 atom stereocenters. The van der Waals surface area contributed by atoms with E-state index in [0.717, 1.165) is 98.7 Å². The van der Waals surface area contributed by atoms with E-state index in [2.05, 4.69) is 370 Å². The average molecular weight is 1590 g/mol. The number of rotatable bonds is 18. The normalized spacial score (nSPS) is 12.2. The van der Waals surface area contributed by atoms with Crippen molar-refractivity contribution in [2.75, 3.05) is 9.80 Å². The Bertz CT molecular complexity index is 6670. The SMILES string of the molecule is Cc1ccc([Si](c2ccc(C)cc2)(c2ccc(C)cc2)c2ccc(-c3cccc(F)c3N(c3cc(C(C)C)c4ccc5c(N(c6c(F)cccc6-c6ccc([Si](c7ccc(C)cc7)(c7ccc(C)cc7)c7ccc(C)cc7)cc6)c6cccc7c6oc6ccccc67)cc(C(C)C)c6ccc3c4c65)c3cccc4c3oc3ccccc34)cc2)cc1. The van der Waals surface area contributed by atoms with Crippen LogP contribution in [0.5, 0.6) is 0 Å². The first-order valence-electron chi connectivity index (χ1n) is 41.9. The zero-order chi connectivity index (χ0) is 82.0. The largest absolute Gasteiger partial charge is 0.454 e. The number of aryl methyl sites for hydroxylation is 6. The zero-order valence-corrected chi connectivity index (χ0v) is 71.1. The van der Waals surface area contributed by atoms with Gasteiger partial charge in [-0.2, -0.15) is 0 Å². The van der Waals surface area contributed by atoms with Gasteiger partial charge in [-0.1, -0.05) is 364 Å². The lowest BCUT2D eigenvalue weighted by Crippen LogP contribution is -2.74. The van der Waals surface area contributed by atoms with Crippen LogP contribution >= 0.6 is 0 Å². The van der Waals surface area contributed by atoms with Crippen LogP contribution in [0.1, 0.15) is 84.0 Å². The van der Waals surface area contributed by atoms with E-state index in [1.54, 1.807) is 12.1 Å². The van der Waals surface area contributed by atoms with Gasteiger partial charge >= 0.3 is 0 Å². The third-order valence-corrected chi connectivity index (χ3v) is 35.1. The fourth-order valence-electron chi connectivity index (χ4n) is 19.5. The molecule has 8 heteroatoms. The van der Waals surface area contributed by atoms with Gasteiger partial charge in [0.25, 0.3) is 0 Å². The summed E-state index contributed by atoms with van der Waals surface area (Å²) in [6.07, 6.45) is 0. The molecule has 0 aliphatic carbocycles. The highest BCUT2D eigenvalue weighted by atomic mass is 28.3. The Morgan fingerprint density at radius 2 is 0.517 bits per heavy atom. The molecular weight excluding hydrogens is 1500 g/mol. The van der Waals surface area contributed by atoms with Gasteiger partial charge < -0.3 is 18.6 Å². The molecule has 20 rings (SSSR count). The van der Waals surface area contributed by atoms with Gasteiger partial charge in [-0.25, -0.2) is 8.78 Å². The highest BCUT2D eigenvalue weighted by molar-refractivity contribution is 7.20. The molecule has 0 amide bonds. The lowest BCUT2D eigenvalue weighted by atomic mass is 9.83. The number of hydrogen-bond acceptors (Lipinski definition) is 4. The van der Waals surface area contributed by atoms with Crippen molar-refractivity contribution in [2.45, 2.75) is 81.1 Å². The number of hydrogen-bond donors (Lipinski definition) is 0. The fraction of sp³-hybridized carbons (Fsp3) is 0.107. The van der Waals surface area contributed by atoms with Crippen LogP contribution < -0.4 is 51.3 Å². The molecule has 0 N–H and O–H groups in total. The quantitative estimate of drug-likeness (QED) is 0.0487. The molecule has 0 aliphatic rings. The summed E-state index contributed by atoms with van der Waals surface area (Å²) >= 11 is 0. The predicted molar refractivity (Wildman–Crippen MR) is 509 cm³/mol. The summed E-state index contributed by atoms with van der Waals surface area (Å²) in [7, 11) is -6.08. The number of fused-ring (bicyclic) bond motifs is 6. The maximum atomic E-state index is 19.0. The molecule has 0 saturated heterocycles. The van der Waals surface area contributed by atoms with Gasteiger partial charge in [-0.15, -0.1) is 0 Å². The van der Waals surface area contributed by atoms with E-state index in [0.29, 0.717) is 45.0 Å². The molecule has 2 aromatic heterocycles. The zero-order valence-electron chi connectivity index (χ0n) is 69.1. The molecule has 18 aromatic carbocycles. The molecule has 0 bridgehead atoms. The molecule has 120 heavy (non-hydrogen) atoms. The number of halogens is 2. The Kier molecular flexibility index (Phi) is 18.7. The molecule has 0 aliphatic heterocycles. The summed E-state index contributed by atoms with van der Waals surface area (Å²) in [4.78, 5) is 4.32. The highest BCUT2D eigenvalue weighted by Crippen LogP contribution is 2.56. The number of furan rings is 2. The second-order valence-electron chi connectivity index (χ2n) is 33.6. The monoisotopic (exact) mass is 1590 g/mol. The Morgan fingerprint density at radius 1 is 0.250 bits per heavy atom. The van der Waals surface area contributed by atoms with Gasteiger partial charge in [0, 0.05) is 43.4 Å². The van der Waals surface area contributed by atoms with E-state index < -0.39 is 27.8 Å². The Labute approximate surface area is 701 Å². The van der Waals surface area contributed by atoms with E-state index in [1.807, 2.05) is 48.5 Å². The molecule has 20 aromatic rings. The van der Waals surface area contributed by atoms with Gasteiger partial charge in [0.2, 0.25) is 0 Å². The average Bonchev–Trinajstić information content (AvgIpc) is 0.866. The number of nitrogens with zero attached hydrogens (tertiary/aromatic N) is 2. The highest BCUT2D eigenvalue weighted by Gasteiger charge is 2.44. The minimum absolute atomic E-state index is 0.0260. The van der Waals surface area contributed by atoms with E-state index in [1.165, 1.54) is 74.9 Å². The van der Waals surface area contributed by atoms with Crippen LogP contribution in [0.15, 0.2) is 361 Å². The van der Waals surface area contributed by atoms with Crippen LogP contribution in [0.3, 0.4) is 0 Å². The predicted octanol–water partition coefficient (Wildman–Crippen LogP) is 25.8. The van der Waals surface area contributed by atoms with Crippen LogP contribution in [-0.2, 0) is 0 Å². The van der Waals surface area contributed by atoms with Crippen molar-refractivity contribution in [3.05, 3.63) is 408 Å². The Balaban J connectivity index is 0.836. The van der Waals surface area contributed by atoms with Crippen LogP contribution in [-0.4, -0.2) is 16.1 Å². The molecule has 2 heterocycles. The van der Waals surface area contributed by atoms with E-state index in [-0.39, 0.29) is 11.8 Å². The van der Waals surface area contributed by atoms with E-state index in [9.17, 15) is 0 Å². The van der Waals surface area contributed by atoms with E-state index >= 15 is 8.78 Å². The summed E-state index contributed by atoms with van der Waals surface area (Å²) in [5.74, 6) is -0.849. The topological polar surface area (TPSA) is 32.8 Å². The van der Waals surface area contributed by atoms with E-state index in [4.69, 9.17) is 8.83 Å². The van der Waals surface area contributed by atoms with Gasteiger partial charge in [-0.3, -0.25) is 0 Å². The molecule has 582 valence electrons. The third kappa shape index (κ3) is 12.2. The minimum atomic E-state index is -3.04. The molecular formula is C112H90F2N2O2Si2. The van der Waals surface area contributed by atoms with Crippen molar-refractivity contribution in [2.24, 2.45) is 0 Å². The van der Waals surface area contributed by atoms with Gasteiger partial charge in [0.1, 0.15) is 22.8 Å². The lowest BCUT2D eigenvalue weighted by Gasteiger charge is -2.35. The van der Waals surface area contributed by atoms with Gasteiger partial charge in [-0.05, 0) is 187 Å². The molecule has 0 spiro atoms. The summed E-state index contributed by atoms with van der Waals surface area (Å²) in [5.41, 5.74) is 18.9. The first-order valence-corrected chi connectivity index (χ1v) is 45.9. The molecule has 0 saturated carbocycles. The van der Waals surface area contributed by atoms with Crippen molar-refractivity contribution < 1.29 is 17.6 Å². The lowest BCUT2D eigenvalue weighted by molar-refractivity contribution is 0.628. The summed E-state index contributed by atoms with van der Waals surface area (Å²) in [5, 5.41) is 19.8. The van der Waals surface area contributed by atoms with Crippen LogP contribution in [0, 0.1) is 53.2 Å². The molecule has 0 fully saturated rings. The van der Waals surface area contributed by atoms with Crippen LogP contribution in [0.2, 0.25) is 0 Å². The number of benzene rings is 18. The number of para-hydroxylation sites is 6. The van der Waals surface area contributed by atoms with Crippen LogP contribution in [0.25, 0.3) is 98.4 Å². The van der Waals surface area contributed by atoms with Gasteiger partial charge in [0.15, 0.2) is 27.3 Å². The fourth-order valence-corrected chi connectivity index (χ4v) is 28.8. The minimum Gasteiger partial charge on any atom is -0.454 e. The Morgan fingerprint density at radius 3 is 0.817 bits per heavy atom. The maximum Gasteiger partial charge on any atom is 0.179 e. The smallest absolute Gasteiger partial charge is 0.179 e. The first kappa shape index (κ1) is 75.3. The molecule has 4 nitrogen and oxygen atoms in total. The van der Waals surface area contributed by atoms with Crippen LogP contribution in [0.4, 0.5) is 42.9 Å². The Hall–Kier alpha value is -13.5. The summed E-state index contributed by atoms with van der Waals surface area (Å²) < 4.78 is 52.4. The standard InChI is InChI=1S/C112H90F2N2O2Si2/c1-69(2)97-67-103(115(101-27-17-23-93-89-19-11-13-29-105(89)117-111(93)101)109-87(21-15-25-99(109)113)77-43-59-85(60-44-77)119(79-47-31-71(5)32-48-79,80-49-33-72(6)34-50-80)81-51-35-73(7)36-52-81)95-66-64-92-98(70(3)4)68-104(96-65-63-91(97)107(95)108(92)96)116(102-28-18-24-94-90-20-12-14-30-106(90)118-112(94)102)110-88(22-16-26-100(110)114)78-45-61-86(62-46-78)120(82-53-37-74(8)38-54-82,83-55-39-75(9)40-56-83)84-57-41-76(10)42-58-84/h11-70H,1-10H3. The first-order chi connectivity index (χ1) is 58.4. The van der Waals surface area contributed by atoms with Gasteiger partial charge in [0.05, 0.1) is 34.1 Å². The van der Waals surface area contributed by atoms with Crippen molar-refractivity contribution in [1.29, 1.82) is 0 Å². The second-order valence-corrected chi connectivity index (χ2v) is 41.3. The number of anilines is 6. The van der Waals surface area contributed by atoms with Crippen molar-refractivity contribution >= 4 is 168 Å². The maximum absolute atomic E-state index is 19.0. The molecule has 0 unspecified atom stereocenters. The van der Waals surface area contributed by atoms with Crippen molar-refractivity contribution in [1.82, 2.24) is 0 Å². The summed E-state index contributed by atoms with van der Waals surface area (Å²) in [6.45, 7) is 21.9. The second kappa shape index (κ2) is 29.8. The molecule has 0 radical (unpaired) electrons. The summed E-state index contributed by atoms with van der Waals surface area (Å²) in [6, 6.07) is 127. The van der Waals surface area contributed by atoms with Crippen molar-refractivity contribution in [3.63, 3.8) is 0 Å².